The predicted octanol–water partition coefficient (Wildman–Crippen LogP) is 6.45. The number of fused-ring (bicyclic) bond motifs is 1. The van der Waals surface area contributed by atoms with Gasteiger partial charge in [-0.1, -0.05) is 20.8 Å². The monoisotopic (exact) mass is 426 g/mol. The summed E-state index contributed by atoms with van der Waals surface area (Å²) in [7, 11) is 0. The van der Waals surface area contributed by atoms with Gasteiger partial charge in [0.25, 0.3) is 0 Å². The molecule has 1 aliphatic rings. The van der Waals surface area contributed by atoms with Crippen LogP contribution < -0.4 is 5.32 Å². The Morgan fingerprint density at radius 1 is 0.935 bits per heavy atom. The third-order valence-electron chi connectivity index (χ3n) is 5.91. The molecule has 4 rings (SSSR count). The zero-order chi connectivity index (χ0) is 22.2. The van der Waals surface area contributed by atoms with Gasteiger partial charge in [0.05, 0.1) is 5.56 Å². The number of hydrogen-bond acceptors (Lipinski definition) is 4. The minimum absolute atomic E-state index is 0.146. The van der Waals surface area contributed by atoms with E-state index in [1.807, 2.05) is 12.1 Å². The fourth-order valence-corrected chi connectivity index (χ4v) is 3.96. The number of pyridine rings is 1. The molecule has 0 spiro atoms. The van der Waals surface area contributed by atoms with Crippen molar-refractivity contribution in [1.82, 2.24) is 15.0 Å². The number of aromatic nitrogens is 3. The van der Waals surface area contributed by atoms with Crippen molar-refractivity contribution in [2.75, 3.05) is 5.32 Å². The Balaban J connectivity index is 1.74. The van der Waals surface area contributed by atoms with Crippen LogP contribution in [0.5, 0.6) is 0 Å². The number of alkyl halides is 3. The average Bonchev–Trinajstić information content (AvgIpc) is 2.73. The van der Waals surface area contributed by atoms with E-state index >= 15 is 0 Å². The van der Waals surface area contributed by atoms with Crippen molar-refractivity contribution in [2.45, 2.75) is 46.2 Å². The predicted molar refractivity (Wildman–Crippen MR) is 115 cm³/mol. The molecule has 0 saturated carbocycles. The molecule has 1 atom stereocenters. The molecule has 0 radical (unpaired) electrons. The molecule has 2 heterocycles. The van der Waals surface area contributed by atoms with E-state index in [4.69, 9.17) is 9.97 Å². The molecule has 1 aromatic carbocycles. The Morgan fingerprint density at radius 2 is 1.61 bits per heavy atom. The van der Waals surface area contributed by atoms with E-state index < -0.39 is 11.7 Å². The minimum atomic E-state index is -4.36. The first-order valence-corrected chi connectivity index (χ1v) is 10.4. The molecule has 4 nitrogen and oxygen atoms in total. The number of halogens is 3. The number of hydrogen-bond donors (Lipinski definition) is 1. The van der Waals surface area contributed by atoms with Gasteiger partial charge >= 0.3 is 6.18 Å². The number of aryl methyl sites for hydroxylation is 1. The molecule has 7 heteroatoms. The van der Waals surface area contributed by atoms with E-state index in [9.17, 15) is 13.2 Å². The molecule has 0 fully saturated rings. The molecule has 162 valence electrons. The number of nitrogens with zero attached hydrogens (tertiary/aromatic N) is 3. The summed E-state index contributed by atoms with van der Waals surface area (Å²) in [5.41, 5.74) is 2.93. The Labute approximate surface area is 180 Å². The molecular weight excluding hydrogens is 401 g/mol. The molecule has 0 amide bonds. The summed E-state index contributed by atoms with van der Waals surface area (Å²) in [6, 6.07) is 8.74. The van der Waals surface area contributed by atoms with Gasteiger partial charge in [0.2, 0.25) is 0 Å². The molecular formula is C24H25F3N4. The van der Waals surface area contributed by atoms with Crippen LogP contribution in [-0.2, 0) is 19.0 Å². The van der Waals surface area contributed by atoms with E-state index in [2.05, 4.69) is 31.1 Å². The fourth-order valence-electron chi connectivity index (χ4n) is 3.96. The summed E-state index contributed by atoms with van der Waals surface area (Å²) in [4.78, 5) is 13.6. The molecule has 0 bridgehead atoms. The van der Waals surface area contributed by atoms with Crippen molar-refractivity contribution in [3.8, 4) is 11.4 Å². The molecule has 0 saturated heterocycles. The van der Waals surface area contributed by atoms with E-state index in [1.54, 1.807) is 12.4 Å². The first-order valence-electron chi connectivity index (χ1n) is 10.4. The van der Waals surface area contributed by atoms with Gasteiger partial charge in [-0.25, -0.2) is 9.97 Å². The SMILES string of the molecule is CC(C)(C)C1CCc2nc(-c3ccncc3)nc(Nc3ccc(C(F)(F)F)cc3)c2C1. The van der Waals surface area contributed by atoms with Crippen molar-refractivity contribution in [3.05, 3.63) is 65.6 Å². The average molecular weight is 426 g/mol. The Kier molecular flexibility index (Phi) is 5.45. The summed E-state index contributed by atoms with van der Waals surface area (Å²) in [6.45, 7) is 6.70. The van der Waals surface area contributed by atoms with Gasteiger partial charge in [-0.15, -0.1) is 0 Å². The molecule has 1 unspecified atom stereocenters. The molecule has 1 N–H and O–H groups in total. The van der Waals surface area contributed by atoms with Crippen LogP contribution in [0.4, 0.5) is 24.7 Å². The van der Waals surface area contributed by atoms with Crippen molar-refractivity contribution in [2.24, 2.45) is 11.3 Å². The maximum Gasteiger partial charge on any atom is 0.416 e. The Bertz CT molecular complexity index is 1060. The maximum atomic E-state index is 12.9. The van der Waals surface area contributed by atoms with Gasteiger partial charge in [0.15, 0.2) is 5.82 Å². The quantitative estimate of drug-likeness (QED) is 0.523. The summed E-state index contributed by atoms with van der Waals surface area (Å²) in [5, 5.41) is 3.26. The molecule has 31 heavy (non-hydrogen) atoms. The van der Waals surface area contributed by atoms with Crippen molar-refractivity contribution < 1.29 is 13.2 Å². The van der Waals surface area contributed by atoms with Gasteiger partial charge in [0, 0.05) is 34.9 Å². The molecule has 2 aromatic heterocycles. The lowest BCUT2D eigenvalue weighted by atomic mass is 9.71. The smallest absolute Gasteiger partial charge is 0.340 e. The number of anilines is 2. The zero-order valence-corrected chi connectivity index (χ0v) is 17.8. The summed E-state index contributed by atoms with van der Waals surface area (Å²) in [5.74, 6) is 1.72. The van der Waals surface area contributed by atoms with E-state index in [0.29, 0.717) is 23.2 Å². The van der Waals surface area contributed by atoms with E-state index in [0.717, 1.165) is 48.2 Å². The normalized spacial score (nSPS) is 16.6. The van der Waals surface area contributed by atoms with Crippen LogP contribution in [0.3, 0.4) is 0 Å². The number of benzene rings is 1. The lowest BCUT2D eigenvalue weighted by molar-refractivity contribution is -0.137. The summed E-state index contributed by atoms with van der Waals surface area (Å²) in [6.07, 6.45) is 1.75. The van der Waals surface area contributed by atoms with Crippen LogP contribution in [0.1, 0.15) is 44.0 Å². The molecule has 1 aliphatic carbocycles. The third-order valence-corrected chi connectivity index (χ3v) is 5.91. The first kappa shape index (κ1) is 21.3. The van der Waals surface area contributed by atoms with Crippen LogP contribution in [0.2, 0.25) is 0 Å². The Hall–Kier alpha value is -2.96. The van der Waals surface area contributed by atoms with Crippen molar-refractivity contribution >= 4 is 11.5 Å². The van der Waals surface area contributed by atoms with E-state index in [1.165, 1.54) is 12.1 Å². The van der Waals surface area contributed by atoms with Crippen LogP contribution in [0.25, 0.3) is 11.4 Å². The van der Waals surface area contributed by atoms with Gasteiger partial charge in [-0.3, -0.25) is 4.98 Å². The molecule has 0 aliphatic heterocycles. The van der Waals surface area contributed by atoms with Gasteiger partial charge in [0.1, 0.15) is 5.82 Å². The highest BCUT2D eigenvalue weighted by molar-refractivity contribution is 5.65. The van der Waals surface area contributed by atoms with Crippen LogP contribution in [0, 0.1) is 11.3 Å². The van der Waals surface area contributed by atoms with Crippen molar-refractivity contribution in [3.63, 3.8) is 0 Å². The van der Waals surface area contributed by atoms with Crippen LogP contribution in [0.15, 0.2) is 48.8 Å². The highest BCUT2D eigenvalue weighted by Crippen LogP contribution is 2.40. The minimum Gasteiger partial charge on any atom is -0.340 e. The van der Waals surface area contributed by atoms with Gasteiger partial charge in [-0.2, -0.15) is 13.2 Å². The maximum absolute atomic E-state index is 12.9. The number of nitrogens with one attached hydrogen (secondary N) is 1. The highest BCUT2D eigenvalue weighted by atomic mass is 19.4. The largest absolute Gasteiger partial charge is 0.416 e. The second-order valence-corrected chi connectivity index (χ2v) is 9.06. The Morgan fingerprint density at radius 3 is 2.23 bits per heavy atom. The number of rotatable bonds is 3. The second-order valence-electron chi connectivity index (χ2n) is 9.06. The first-order chi connectivity index (χ1) is 14.6. The second kappa shape index (κ2) is 7.94. The lowest BCUT2D eigenvalue weighted by Crippen LogP contribution is -2.28. The van der Waals surface area contributed by atoms with Crippen LogP contribution in [-0.4, -0.2) is 15.0 Å². The summed E-state index contributed by atoms with van der Waals surface area (Å²) < 4.78 is 38.8. The highest BCUT2D eigenvalue weighted by Gasteiger charge is 2.32. The van der Waals surface area contributed by atoms with Crippen molar-refractivity contribution in [1.29, 1.82) is 0 Å². The fraction of sp³-hybridized carbons (Fsp3) is 0.375. The van der Waals surface area contributed by atoms with Gasteiger partial charge < -0.3 is 5.32 Å². The van der Waals surface area contributed by atoms with Crippen LogP contribution >= 0.6 is 0 Å². The van der Waals surface area contributed by atoms with Gasteiger partial charge in [-0.05, 0) is 67.0 Å². The molecule has 3 aromatic rings. The summed E-state index contributed by atoms with van der Waals surface area (Å²) >= 11 is 0. The zero-order valence-electron chi connectivity index (χ0n) is 17.8. The topological polar surface area (TPSA) is 50.7 Å². The lowest BCUT2D eigenvalue weighted by Gasteiger charge is -2.35. The van der Waals surface area contributed by atoms with E-state index in [-0.39, 0.29) is 5.41 Å². The third kappa shape index (κ3) is 4.70. The standard InChI is InChI=1S/C24H25F3N4/c1-23(2,3)17-6-9-20-19(14-17)22(31-21(30-20)15-10-12-28-13-11-15)29-18-7-4-16(5-8-18)24(25,26)27/h4-5,7-8,10-13,17H,6,9,14H2,1-3H3,(H,29,30,31).